The number of hydrogen-bond donors (Lipinski definition) is 5. The quantitative estimate of drug-likeness (QED) is 0.199. The number of rotatable bonds is 4. The number of aromatic hydroxyl groups is 1. The Bertz CT molecular complexity index is 412. The number of aliphatic hydroxyl groups excluding tert-OH is 1. The summed E-state index contributed by atoms with van der Waals surface area (Å²) in [5, 5.41) is 29.1. The van der Waals surface area contributed by atoms with Crippen LogP contribution in [0.4, 0.5) is 11.4 Å². The number of anilines is 2. The molecule has 1 unspecified atom stereocenters. The van der Waals surface area contributed by atoms with Crippen LogP contribution in [0.5, 0.6) is 5.75 Å². The highest BCUT2D eigenvalue weighted by molar-refractivity contribution is 5.66. The molecule has 0 aliphatic heterocycles. The number of hydrogen-bond acceptors (Lipinski definition) is 7. The summed E-state index contributed by atoms with van der Waals surface area (Å²) in [6, 6.07) is 2.39. The highest BCUT2D eigenvalue weighted by atomic mass is 16.6. The number of aliphatic hydroxyl groups is 1. The summed E-state index contributed by atoms with van der Waals surface area (Å²) in [7, 11) is 0. The molecule has 8 nitrogen and oxygen atoms in total. The lowest BCUT2D eigenvalue weighted by atomic mass is 9.94. The maximum Gasteiger partial charge on any atom is 0.214 e. The van der Waals surface area contributed by atoms with E-state index >= 15 is 0 Å². The van der Waals surface area contributed by atoms with Gasteiger partial charge in [-0.1, -0.05) is 0 Å². The second kappa shape index (κ2) is 4.85. The van der Waals surface area contributed by atoms with E-state index < -0.39 is 23.6 Å². The Morgan fingerprint density at radius 2 is 1.82 bits per heavy atom. The molecule has 0 aromatic heterocycles. The van der Waals surface area contributed by atoms with Gasteiger partial charge in [-0.3, -0.25) is 10.1 Å². The number of nitrogens with two attached hydrogens (primary N) is 3. The van der Waals surface area contributed by atoms with E-state index in [9.17, 15) is 20.3 Å². The van der Waals surface area contributed by atoms with Crippen LogP contribution in [-0.4, -0.2) is 27.9 Å². The predicted molar refractivity (Wildman–Crippen MR) is 61.7 cm³/mol. The molecule has 8 heteroatoms. The molecule has 0 aliphatic carbocycles. The van der Waals surface area contributed by atoms with Gasteiger partial charge in [0.2, 0.25) is 6.54 Å². The van der Waals surface area contributed by atoms with E-state index in [-0.39, 0.29) is 22.7 Å². The summed E-state index contributed by atoms with van der Waals surface area (Å²) >= 11 is 0. The van der Waals surface area contributed by atoms with Gasteiger partial charge in [-0.2, -0.15) is 0 Å². The van der Waals surface area contributed by atoms with Gasteiger partial charge in [0.1, 0.15) is 12.0 Å². The summed E-state index contributed by atoms with van der Waals surface area (Å²) in [5.74, 6) is -1.18. The van der Waals surface area contributed by atoms with E-state index in [4.69, 9.17) is 17.2 Å². The molecule has 8 N–H and O–H groups in total. The van der Waals surface area contributed by atoms with Crippen molar-refractivity contribution in [3.05, 3.63) is 27.8 Å². The number of nitrogen functional groups attached to an aromatic ring is 2. The van der Waals surface area contributed by atoms with Gasteiger partial charge in [-0.15, -0.1) is 0 Å². The normalized spacial score (nSPS) is 14.2. The van der Waals surface area contributed by atoms with Crippen molar-refractivity contribution >= 4 is 11.4 Å². The Balaban J connectivity index is 3.23. The summed E-state index contributed by atoms with van der Waals surface area (Å²) in [4.78, 5) is 9.87. The molecule has 2 atom stereocenters. The molecule has 17 heavy (non-hydrogen) atoms. The Hall–Kier alpha value is -2.06. The van der Waals surface area contributed by atoms with Crippen LogP contribution in [0.25, 0.3) is 0 Å². The van der Waals surface area contributed by atoms with E-state index in [0.717, 1.165) is 0 Å². The molecule has 0 bridgehead atoms. The van der Waals surface area contributed by atoms with Crippen LogP contribution < -0.4 is 17.2 Å². The molecule has 0 fully saturated rings. The van der Waals surface area contributed by atoms with Gasteiger partial charge in [0.05, 0.1) is 5.92 Å². The molecule has 94 valence electrons. The second-order valence-electron chi connectivity index (χ2n) is 3.65. The summed E-state index contributed by atoms with van der Waals surface area (Å²) in [6.07, 6.45) is -1.46. The molecule has 0 radical (unpaired) electrons. The third kappa shape index (κ3) is 2.95. The van der Waals surface area contributed by atoms with Gasteiger partial charge < -0.3 is 27.4 Å². The fourth-order valence-corrected chi connectivity index (χ4v) is 1.64. The third-order valence-corrected chi connectivity index (χ3v) is 2.36. The molecule has 0 heterocycles. The molecule has 0 amide bonds. The van der Waals surface area contributed by atoms with Crippen LogP contribution in [0, 0.1) is 10.1 Å². The average molecular weight is 242 g/mol. The smallest absolute Gasteiger partial charge is 0.214 e. The van der Waals surface area contributed by atoms with Crippen molar-refractivity contribution in [2.24, 2.45) is 5.73 Å². The lowest BCUT2D eigenvalue weighted by molar-refractivity contribution is -0.485. The molecule has 1 aromatic rings. The van der Waals surface area contributed by atoms with Gasteiger partial charge >= 0.3 is 0 Å². The first kappa shape index (κ1) is 13.0. The fourth-order valence-electron chi connectivity index (χ4n) is 1.64. The lowest BCUT2D eigenvalue weighted by Crippen LogP contribution is -2.33. The van der Waals surface area contributed by atoms with E-state index in [1.165, 1.54) is 12.1 Å². The first-order valence-corrected chi connectivity index (χ1v) is 4.76. The monoisotopic (exact) mass is 242 g/mol. The standard InChI is InChI=1S/C9H14N4O4/c10-6-1-4(14)2-7(11)8(6)5(9(12)15)3-13(16)17/h1-2,5,9,14-15H,3,10-12H2/t5-,9?/m0/s1. The molecular weight excluding hydrogens is 228 g/mol. The van der Waals surface area contributed by atoms with Gasteiger partial charge in [-0.05, 0) is 0 Å². The number of benzene rings is 1. The van der Waals surface area contributed by atoms with E-state index in [1.54, 1.807) is 0 Å². The maximum atomic E-state index is 10.5. The van der Waals surface area contributed by atoms with E-state index in [1.807, 2.05) is 0 Å². The van der Waals surface area contributed by atoms with Crippen LogP contribution in [0.2, 0.25) is 0 Å². The maximum absolute atomic E-state index is 10.5. The first-order valence-electron chi connectivity index (χ1n) is 4.76. The predicted octanol–water partition coefficient (Wildman–Crippen LogP) is -0.806. The number of nitrogens with zero attached hydrogens (tertiary/aromatic N) is 1. The van der Waals surface area contributed by atoms with Crippen LogP contribution in [-0.2, 0) is 0 Å². The molecule has 0 spiro atoms. The van der Waals surface area contributed by atoms with Gasteiger partial charge in [0.25, 0.3) is 0 Å². The molecule has 1 aromatic carbocycles. The minimum Gasteiger partial charge on any atom is -0.508 e. The summed E-state index contributed by atoms with van der Waals surface area (Å²) in [5.41, 5.74) is 16.8. The minimum absolute atomic E-state index is 0.0545. The fraction of sp³-hybridized carbons (Fsp3) is 0.333. The average Bonchev–Trinajstić information content (AvgIpc) is 2.13. The zero-order valence-electron chi connectivity index (χ0n) is 8.91. The topological polar surface area (TPSA) is 162 Å². The van der Waals surface area contributed by atoms with Gasteiger partial charge in [0, 0.05) is 34.0 Å². The van der Waals surface area contributed by atoms with E-state index in [2.05, 4.69) is 0 Å². The zero-order valence-corrected chi connectivity index (χ0v) is 8.91. The Morgan fingerprint density at radius 1 is 1.35 bits per heavy atom. The zero-order chi connectivity index (χ0) is 13.2. The second-order valence-corrected chi connectivity index (χ2v) is 3.65. The Morgan fingerprint density at radius 3 is 2.18 bits per heavy atom. The molecule has 0 saturated carbocycles. The highest BCUT2D eigenvalue weighted by Crippen LogP contribution is 2.33. The molecule has 0 saturated heterocycles. The number of phenols is 1. The molecular formula is C9H14N4O4. The first-order chi connectivity index (χ1) is 7.82. The summed E-state index contributed by atoms with van der Waals surface area (Å²) in [6.45, 7) is -0.600. The van der Waals surface area contributed by atoms with Crippen molar-refractivity contribution in [3.63, 3.8) is 0 Å². The van der Waals surface area contributed by atoms with Crippen LogP contribution in [0.3, 0.4) is 0 Å². The van der Waals surface area contributed by atoms with Crippen LogP contribution >= 0.6 is 0 Å². The van der Waals surface area contributed by atoms with Gasteiger partial charge in [0.15, 0.2) is 0 Å². The lowest BCUT2D eigenvalue weighted by Gasteiger charge is -2.20. The van der Waals surface area contributed by atoms with E-state index in [0.29, 0.717) is 0 Å². The van der Waals surface area contributed by atoms with Crippen molar-refractivity contribution in [1.82, 2.24) is 0 Å². The Kier molecular flexibility index (Phi) is 3.71. The minimum atomic E-state index is -1.46. The third-order valence-electron chi connectivity index (χ3n) is 2.36. The number of nitro groups is 1. The summed E-state index contributed by atoms with van der Waals surface area (Å²) < 4.78 is 0. The highest BCUT2D eigenvalue weighted by Gasteiger charge is 2.28. The molecule has 0 aliphatic rings. The van der Waals surface area contributed by atoms with Crippen LogP contribution in [0.15, 0.2) is 12.1 Å². The van der Waals surface area contributed by atoms with Crippen molar-refractivity contribution in [2.45, 2.75) is 12.1 Å². The van der Waals surface area contributed by atoms with Crippen molar-refractivity contribution in [2.75, 3.05) is 18.0 Å². The SMILES string of the molecule is Nc1cc(O)cc(N)c1[C@H](C[N+](=O)[O-])C(N)O. The van der Waals surface area contributed by atoms with Crippen molar-refractivity contribution in [1.29, 1.82) is 0 Å². The Labute approximate surface area is 96.8 Å². The van der Waals surface area contributed by atoms with Crippen LogP contribution in [0.1, 0.15) is 11.5 Å². The van der Waals surface area contributed by atoms with Crippen molar-refractivity contribution in [3.8, 4) is 5.75 Å². The largest absolute Gasteiger partial charge is 0.508 e. The van der Waals surface area contributed by atoms with Gasteiger partial charge in [-0.25, -0.2) is 0 Å². The number of phenolic OH excluding ortho intramolecular Hbond substituents is 1. The van der Waals surface area contributed by atoms with Crippen molar-refractivity contribution < 1.29 is 15.1 Å². The molecule has 1 rings (SSSR count).